The molecule has 2 aliphatic rings. The molecule has 0 spiro atoms. The second-order valence-electron chi connectivity index (χ2n) is 7.77. The van der Waals surface area contributed by atoms with Crippen molar-refractivity contribution in [3.63, 3.8) is 0 Å². The highest BCUT2D eigenvalue weighted by Gasteiger charge is 2.29. The van der Waals surface area contributed by atoms with E-state index in [-0.39, 0.29) is 5.91 Å². The van der Waals surface area contributed by atoms with Crippen LogP contribution in [0, 0.1) is 5.92 Å². The van der Waals surface area contributed by atoms with E-state index in [9.17, 15) is 4.79 Å². The van der Waals surface area contributed by atoms with Crippen LogP contribution < -0.4 is 0 Å². The number of rotatable bonds is 2. The van der Waals surface area contributed by atoms with Gasteiger partial charge >= 0.3 is 0 Å². The number of aromatic nitrogens is 2. The fourth-order valence-electron chi connectivity index (χ4n) is 4.68. The lowest BCUT2D eigenvalue weighted by molar-refractivity contribution is 0.0525. The summed E-state index contributed by atoms with van der Waals surface area (Å²) in [6.07, 6.45) is 3.99. The first-order valence-electron chi connectivity index (χ1n) is 9.50. The average molecular weight is 428 g/mol. The van der Waals surface area contributed by atoms with Crippen LogP contribution in [-0.4, -0.2) is 40.6 Å². The summed E-state index contributed by atoms with van der Waals surface area (Å²) in [6, 6.07) is 6.72. The summed E-state index contributed by atoms with van der Waals surface area (Å²) in [5, 5.41) is 1.14. The summed E-state index contributed by atoms with van der Waals surface area (Å²) in [7, 11) is 1.86. The van der Waals surface area contributed by atoms with E-state index in [0.29, 0.717) is 18.5 Å². The molecule has 1 aromatic carbocycles. The van der Waals surface area contributed by atoms with E-state index >= 15 is 0 Å². The first kappa shape index (κ1) is 17.2. The fourth-order valence-corrected chi connectivity index (χ4v) is 5.00. The highest BCUT2D eigenvalue weighted by molar-refractivity contribution is 9.10. The highest BCUT2D eigenvalue weighted by Crippen LogP contribution is 2.39. The molecule has 0 N–H and O–H groups in total. The third-order valence-corrected chi connectivity index (χ3v) is 6.60. The van der Waals surface area contributed by atoms with E-state index in [1.165, 1.54) is 0 Å². The number of nitrogens with zero attached hydrogens (tertiary/aromatic N) is 3. The van der Waals surface area contributed by atoms with Crippen molar-refractivity contribution < 1.29 is 9.53 Å². The Morgan fingerprint density at radius 3 is 2.78 bits per heavy atom. The smallest absolute Gasteiger partial charge is 0.254 e. The molecule has 3 aromatic rings. The summed E-state index contributed by atoms with van der Waals surface area (Å²) in [6.45, 7) is 4.61. The van der Waals surface area contributed by atoms with Gasteiger partial charge in [-0.1, -0.05) is 0 Å². The van der Waals surface area contributed by atoms with Gasteiger partial charge in [-0.2, -0.15) is 0 Å². The number of ether oxygens (including phenoxy) is 1. The van der Waals surface area contributed by atoms with E-state index in [0.717, 1.165) is 63.6 Å². The Labute approximate surface area is 166 Å². The normalized spacial score (nSPS) is 19.2. The molecule has 0 unspecified atom stereocenters. The number of halogens is 1. The molecule has 5 nitrogen and oxygen atoms in total. The van der Waals surface area contributed by atoms with Gasteiger partial charge < -0.3 is 14.2 Å². The summed E-state index contributed by atoms with van der Waals surface area (Å²) in [5.74, 6) is 0.666. The van der Waals surface area contributed by atoms with Crippen LogP contribution in [0.2, 0.25) is 0 Å². The summed E-state index contributed by atoms with van der Waals surface area (Å²) < 4.78 is 8.94. The van der Waals surface area contributed by atoms with Crippen molar-refractivity contribution in [1.29, 1.82) is 0 Å². The van der Waals surface area contributed by atoms with Crippen molar-refractivity contribution >= 4 is 43.8 Å². The minimum Gasteiger partial charge on any atom is -0.381 e. The molecule has 1 atom stereocenters. The van der Waals surface area contributed by atoms with Crippen molar-refractivity contribution in [1.82, 2.24) is 14.5 Å². The van der Waals surface area contributed by atoms with E-state index in [2.05, 4.69) is 45.6 Å². The van der Waals surface area contributed by atoms with Crippen LogP contribution >= 0.6 is 15.9 Å². The second-order valence-corrected chi connectivity index (χ2v) is 8.69. The largest absolute Gasteiger partial charge is 0.381 e. The Morgan fingerprint density at radius 2 is 2.00 bits per heavy atom. The van der Waals surface area contributed by atoms with Gasteiger partial charge in [-0.15, -0.1) is 0 Å². The van der Waals surface area contributed by atoms with Gasteiger partial charge in [0.15, 0.2) is 0 Å². The number of amides is 1. The molecule has 0 radical (unpaired) electrons. The molecule has 5 rings (SSSR count). The third-order valence-electron chi connectivity index (χ3n) is 6.17. The van der Waals surface area contributed by atoms with Gasteiger partial charge in [-0.25, -0.2) is 0 Å². The zero-order chi connectivity index (χ0) is 18.7. The maximum atomic E-state index is 12.6. The molecule has 140 valence electrons. The van der Waals surface area contributed by atoms with Gasteiger partial charge in [0.05, 0.1) is 16.6 Å². The molecule has 6 heteroatoms. The molecule has 2 aromatic heterocycles. The number of carbonyl (C=O) groups excluding carboxylic acids is 1. The Bertz CT molecular complexity index is 1070. The molecule has 4 heterocycles. The van der Waals surface area contributed by atoms with Crippen molar-refractivity contribution in [3.05, 3.63) is 40.0 Å². The van der Waals surface area contributed by atoms with Crippen molar-refractivity contribution in [2.45, 2.75) is 32.4 Å². The van der Waals surface area contributed by atoms with Crippen LogP contribution in [-0.2, 0) is 11.3 Å². The topological polar surface area (TPSA) is 47.4 Å². The number of hydrogen-bond donors (Lipinski definition) is 0. The van der Waals surface area contributed by atoms with Crippen molar-refractivity contribution in [3.8, 4) is 0 Å². The summed E-state index contributed by atoms with van der Waals surface area (Å²) in [5.41, 5.74) is 5.17. The lowest BCUT2D eigenvalue weighted by Crippen LogP contribution is -2.24. The number of benzene rings is 1. The van der Waals surface area contributed by atoms with Gasteiger partial charge in [-0.05, 0) is 65.4 Å². The van der Waals surface area contributed by atoms with Crippen LogP contribution in [0.15, 0.2) is 28.9 Å². The predicted molar refractivity (Wildman–Crippen MR) is 109 cm³/mol. The van der Waals surface area contributed by atoms with Crippen LogP contribution in [0.5, 0.6) is 0 Å². The van der Waals surface area contributed by atoms with Crippen molar-refractivity contribution in [2.75, 3.05) is 20.3 Å². The molecule has 27 heavy (non-hydrogen) atoms. The van der Waals surface area contributed by atoms with E-state index in [4.69, 9.17) is 9.72 Å². The maximum Gasteiger partial charge on any atom is 0.254 e. The van der Waals surface area contributed by atoms with Gasteiger partial charge in [0.1, 0.15) is 0 Å². The SMILES string of the molecule is C[C@H](C1CCOCC1)n1c2cc3c(cc2c2ncc(Br)cc21)CN(C)C3=O. The molecule has 0 saturated carbocycles. The van der Waals surface area contributed by atoms with Gasteiger partial charge in [0.25, 0.3) is 5.91 Å². The maximum absolute atomic E-state index is 12.6. The summed E-state index contributed by atoms with van der Waals surface area (Å²) >= 11 is 3.58. The number of pyridine rings is 1. The average Bonchev–Trinajstić information content (AvgIpc) is 3.13. The minimum absolute atomic E-state index is 0.108. The van der Waals surface area contributed by atoms with Gasteiger partial charge in [0, 0.05) is 54.5 Å². The monoisotopic (exact) mass is 427 g/mol. The Hall–Kier alpha value is -1.92. The molecule has 1 fully saturated rings. The molecule has 2 aliphatic heterocycles. The van der Waals surface area contributed by atoms with E-state index < -0.39 is 0 Å². The van der Waals surface area contributed by atoms with E-state index in [1.807, 2.05) is 13.2 Å². The van der Waals surface area contributed by atoms with Crippen LogP contribution in [0.4, 0.5) is 0 Å². The van der Waals surface area contributed by atoms with Gasteiger partial charge in [-0.3, -0.25) is 9.78 Å². The lowest BCUT2D eigenvalue weighted by Gasteiger charge is -2.30. The number of fused-ring (bicyclic) bond motifs is 4. The first-order chi connectivity index (χ1) is 13.0. The van der Waals surface area contributed by atoms with E-state index in [1.54, 1.807) is 4.90 Å². The Balaban J connectivity index is 1.78. The minimum atomic E-state index is 0.108. The standard InChI is InChI=1S/C21H22BrN3O2/c1-12(13-3-5-27-6-4-13)25-18-9-16-14(11-24(2)21(16)26)7-17(18)20-19(25)8-15(22)10-23-20/h7-10,12-13H,3-6,11H2,1-2H3/t12-/m1/s1. The summed E-state index contributed by atoms with van der Waals surface area (Å²) in [4.78, 5) is 19.1. The van der Waals surface area contributed by atoms with Crippen LogP contribution in [0.25, 0.3) is 21.9 Å². The third kappa shape index (κ3) is 2.61. The Morgan fingerprint density at radius 1 is 1.22 bits per heavy atom. The highest BCUT2D eigenvalue weighted by atomic mass is 79.9. The second kappa shape index (κ2) is 6.31. The molecule has 1 amide bonds. The Kier molecular flexibility index (Phi) is 4.02. The fraction of sp³-hybridized carbons (Fsp3) is 0.429. The van der Waals surface area contributed by atoms with Gasteiger partial charge in [0.2, 0.25) is 0 Å². The zero-order valence-electron chi connectivity index (χ0n) is 15.5. The molecule has 0 aliphatic carbocycles. The molecular formula is C21H22BrN3O2. The molecule has 0 bridgehead atoms. The zero-order valence-corrected chi connectivity index (χ0v) is 17.1. The number of hydrogen-bond acceptors (Lipinski definition) is 3. The van der Waals surface area contributed by atoms with Crippen LogP contribution in [0.3, 0.4) is 0 Å². The molecular weight excluding hydrogens is 406 g/mol. The molecule has 1 saturated heterocycles. The number of carbonyl (C=O) groups is 1. The lowest BCUT2D eigenvalue weighted by atomic mass is 9.92. The van der Waals surface area contributed by atoms with Crippen molar-refractivity contribution in [2.24, 2.45) is 5.92 Å². The van der Waals surface area contributed by atoms with Crippen LogP contribution in [0.1, 0.15) is 41.7 Å². The first-order valence-corrected chi connectivity index (χ1v) is 10.3. The predicted octanol–water partition coefficient (Wildman–Crippen LogP) is 4.53. The quantitative estimate of drug-likeness (QED) is 0.603.